The van der Waals surface area contributed by atoms with Crippen molar-refractivity contribution in [3.05, 3.63) is 89.6 Å². The second kappa shape index (κ2) is 11.1. The molecule has 0 saturated carbocycles. The number of furan rings is 1. The number of amides is 3. The molecule has 182 valence electrons. The maximum Gasteiger partial charge on any atom is 0.418 e. The van der Waals surface area contributed by atoms with Crippen LogP contribution < -0.4 is 16.0 Å². The predicted octanol–water partition coefficient (Wildman–Crippen LogP) is 4.85. The Kier molecular flexibility index (Phi) is 8.03. The molecular weight excluding hydrogens is 470 g/mol. The minimum absolute atomic E-state index is 0.120. The number of benzene rings is 2. The predicted molar refractivity (Wildman–Crippen MR) is 120 cm³/mol. The van der Waals surface area contributed by atoms with Crippen LogP contribution >= 0.6 is 0 Å². The molecule has 3 N–H and O–H groups in total. The fourth-order valence-corrected chi connectivity index (χ4v) is 2.92. The fraction of sp³-hybridized carbons (Fsp3) is 0.125. The smallest absolute Gasteiger partial charge is 0.418 e. The van der Waals surface area contributed by atoms with E-state index in [9.17, 15) is 31.9 Å². The van der Waals surface area contributed by atoms with Gasteiger partial charge in [0.1, 0.15) is 11.6 Å². The molecule has 0 aliphatic heterocycles. The van der Waals surface area contributed by atoms with Crippen molar-refractivity contribution in [1.82, 2.24) is 5.32 Å². The molecule has 0 aliphatic carbocycles. The summed E-state index contributed by atoms with van der Waals surface area (Å²) in [6, 6.07) is 11.0. The summed E-state index contributed by atoms with van der Waals surface area (Å²) in [7, 11) is 0. The van der Waals surface area contributed by atoms with Crippen molar-refractivity contribution < 1.29 is 36.4 Å². The minimum atomic E-state index is -4.85. The summed E-state index contributed by atoms with van der Waals surface area (Å²) in [6.07, 6.45) is -1.11. The summed E-state index contributed by atoms with van der Waals surface area (Å²) in [5.41, 5.74) is -2.31. The van der Waals surface area contributed by atoms with Gasteiger partial charge in [-0.25, -0.2) is 4.39 Å². The topological polar surface area (TPSA) is 100 Å². The third-order valence-electron chi connectivity index (χ3n) is 4.57. The summed E-state index contributed by atoms with van der Waals surface area (Å²) in [4.78, 5) is 36.1. The van der Waals surface area contributed by atoms with Gasteiger partial charge in [0.2, 0.25) is 11.8 Å². The standard InChI is InChI=1S/C24H19F4N3O4/c25-19-6-2-1-5-17(19)23(34)30-15-7-9-20(18(14-15)24(26,27)28)31-22(33)11-12-29-21(32)10-8-16-4-3-13-35-16/h1-10,13-14H,11-12H2,(H,29,32)(H,30,34)(H,31,33)/b10-8+. The van der Waals surface area contributed by atoms with Crippen LogP contribution in [0, 0.1) is 5.82 Å². The normalized spacial score (nSPS) is 11.3. The number of alkyl halides is 3. The van der Waals surface area contributed by atoms with Crippen molar-refractivity contribution in [2.45, 2.75) is 12.6 Å². The van der Waals surface area contributed by atoms with E-state index in [1.165, 1.54) is 36.6 Å². The van der Waals surface area contributed by atoms with E-state index in [1.54, 1.807) is 12.1 Å². The molecule has 1 aromatic heterocycles. The van der Waals surface area contributed by atoms with Crippen LogP contribution in [0.1, 0.15) is 28.1 Å². The number of halogens is 4. The van der Waals surface area contributed by atoms with Gasteiger partial charge in [0, 0.05) is 24.7 Å². The van der Waals surface area contributed by atoms with E-state index >= 15 is 0 Å². The molecule has 3 rings (SSSR count). The fourth-order valence-electron chi connectivity index (χ4n) is 2.92. The van der Waals surface area contributed by atoms with Crippen LogP contribution in [0.25, 0.3) is 6.08 Å². The van der Waals surface area contributed by atoms with E-state index in [0.717, 1.165) is 18.2 Å². The Balaban J connectivity index is 1.61. The van der Waals surface area contributed by atoms with Crippen LogP contribution in [0.3, 0.4) is 0 Å². The Bertz CT molecular complexity index is 1240. The molecule has 0 saturated heterocycles. The zero-order valence-electron chi connectivity index (χ0n) is 18.0. The summed E-state index contributed by atoms with van der Waals surface area (Å²) in [5.74, 6) is -2.58. The maximum absolute atomic E-state index is 13.8. The number of hydrogen-bond donors (Lipinski definition) is 3. The third kappa shape index (κ3) is 7.29. The summed E-state index contributed by atoms with van der Waals surface area (Å²) in [6.45, 7) is -0.120. The highest BCUT2D eigenvalue weighted by Crippen LogP contribution is 2.36. The number of carbonyl (C=O) groups is 3. The molecule has 0 spiro atoms. The van der Waals surface area contributed by atoms with E-state index in [0.29, 0.717) is 11.8 Å². The van der Waals surface area contributed by atoms with Crippen LogP contribution in [0.15, 0.2) is 71.4 Å². The van der Waals surface area contributed by atoms with Crippen LogP contribution in [-0.2, 0) is 15.8 Å². The zero-order valence-corrected chi connectivity index (χ0v) is 18.0. The highest BCUT2D eigenvalue weighted by Gasteiger charge is 2.34. The lowest BCUT2D eigenvalue weighted by Gasteiger charge is -2.16. The first kappa shape index (κ1) is 25.2. The Labute approximate surface area is 196 Å². The average Bonchev–Trinajstić information content (AvgIpc) is 3.32. The molecule has 1 heterocycles. The maximum atomic E-state index is 13.8. The highest BCUT2D eigenvalue weighted by molar-refractivity contribution is 6.04. The number of carbonyl (C=O) groups excluding carboxylic acids is 3. The quantitative estimate of drug-likeness (QED) is 0.311. The minimum Gasteiger partial charge on any atom is -0.465 e. The Hall–Kier alpha value is -4.41. The monoisotopic (exact) mass is 489 g/mol. The lowest BCUT2D eigenvalue weighted by atomic mass is 10.1. The van der Waals surface area contributed by atoms with Crippen LogP contribution in [0.4, 0.5) is 28.9 Å². The Morgan fingerprint density at radius 3 is 2.43 bits per heavy atom. The first-order chi connectivity index (χ1) is 16.6. The third-order valence-corrected chi connectivity index (χ3v) is 4.57. The molecule has 0 fully saturated rings. The zero-order chi connectivity index (χ0) is 25.4. The molecule has 3 amide bonds. The van der Waals surface area contributed by atoms with Crippen molar-refractivity contribution >= 4 is 35.2 Å². The molecule has 35 heavy (non-hydrogen) atoms. The van der Waals surface area contributed by atoms with Gasteiger partial charge in [0.15, 0.2) is 0 Å². The summed E-state index contributed by atoms with van der Waals surface area (Å²) >= 11 is 0. The van der Waals surface area contributed by atoms with Crippen molar-refractivity contribution in [3.63, 3.8) is 0 Å². The van der Waals surface area contributed by atoms with E-state index in [1.807, 2.05) is 0 Å². The molecule has 7 nitrogen and oxygen atoms in total. The van der Waals surface area contributed by atoms with Gasteiger partial charge in [0.25, 0.3) is 5.91 Å². The van der Waals surface area contributed by atoms with Gasteiger partial charge in [0.05, 0.1) is 23.1 Å². The first-order valence-electron chi connectivity index (χ1n) is 10.2. The van der Waals surface area contributed by atoms with Crippen LogP contribution in [-0.4, -0.2) is 24.3 Å². The Morgan fingerprint density at radius 1 is 0.971 bits per heavy atom. The molecule has 0 atom stereocenters. The van der Waals surface area contributed by atoms with Crippen LogP contribution in [0.5, 0.6) is 0 Å². The van der Waals surface area contributed by atoms with Gasteiger partial charge in [-0.3, -0.25) is 14.4 Å². The van der Waals surface area contributed by atoms with E-state index < -0.39 is 41.0 Å². The summed E-state index contributed by atoms with van der Waals surface area (Å²) in [5, 5.41) is 6.79. The van der Waals surface area contributed by atoms with Gasteiger partial charge in [-0.1, -0.05) is 12.1 Å². The van der Waals surface area contributed by atoms with Gasteiger partial charge < -0.3 is 20.4 Å². The van der Waals surface area contributed by atoms with Crippen molar-refractivity contribution in [2.24, 2.45) is 0 Å². The number of hydrogen-bond acceptors (Lipinski definition) is 4. The molecule has 0 aliphatic rings. The van der Waals surface area contributed by atoms with Gasteiger partial charge in [-0.05, 0) is 48.5 Å². The number of rotatable bonds is 8. The molecule has 0 bridgehead atoms. The van der Waals surface area contributed by atoms with E-state index in [2.05, 4.69) is 16.0 Å². The molecule has 3 aromatic rings. The SMILES string of the molecule is O=C(/C=C/c1ccco1)NCCC(=O)Nc1ccc(NC(=O)c2ccccc2F)cc1C(F)(F)F. The molecule has 11 heteroatoms. The second-order valence-electron chi connectivity index (χ2n) is 7.13. The second-order valence-corrected chi connectivity index (χ2v) is 7.13. The first-order valence-corrected chi connectivity index (χ1v) is 10.2. The van der Waals surface area contributed by atoms with E-state index in [-0.39, 0.29) is 24.2 Å². The van der Waals surface area contributed by atoms with E-state index in [4.69, 9.17) is 4.42 Å². The highest BCUT2D eigenvalue weighted by atomic mass is 19.4. The molecule has 2 aromatic carbocycles. The summed E-state index contributed by atoms with van der Waals surface area (Å²) < 4.78 is 59.5. The molecule has 0 radical (unpaired) electrons. The number of nitrogens with one attached hydrogen (secondary N) is 3. The van der Waals surface area contributed by atoms with Crippen molar-refractivity contribution in [3.8, 4) is 0 Å². The number of anilines is 2. The molecule has 0 unspecified atom stereocenters. The largest absolute Gasteiger partial charge is 0.465 e. The van der Waals surface area contributed by atoms with Crippen molar-refractivity contribution in [1.29, 1.82) is 0 Å². The van der Waals surface area contributed by atoms with Crippen LogP contribution in [0.2, 0.25) is 0 Å². The van der Waals surface area contributed by atoms with Gasteiger partial charge in [-0.2, -0.15) is 13.2 Å². The lowest BCUT2D eigenvalue weighted by Crippen LogP contribution is -2.26. The average molecular weight is 489 g/mol. The van der Waals surface area contributed by atoms with Crippen molar-refractivity contribution in [2.75, 3.05) is 17.2 Å². The lowest BCUT2D eigenvalue weighted by molar-refractivity contribution is -0.137. The molecular formula is C24H19F4N3O4. The Morgan fingerprint density at radius 2 is 1.74 bits per heavy atom. The van der Waals surface area contributed by atoms with Gasteiger partial charge >= 0.3 is 6.18 Å². The van der Waals surface area contributed by atoms with Gasteiger partial charge in [-0.15, -0.1) is 0 Å².